The predicted octanol–water partition coefficient (Wildman–Crippen LogP) is 2.43. The van der Waals surface area contributed by atoms with E-state index in [1.165, 1.54) is 12.1 Å². The standard InChI is InChI=1S/C20H25N3O4S/c1-13-10-17(28(21,26)27)11-18(14(13)2)22-20(25)12-23-9-3-4-19(23)15-5-7-16(24)8-6-15/h5-8,10-11,19,24H,3-4,9,12H2,1-2H3,(H,22,25)(H2,21,26,27). The summed E-state index contributed by atoms with van der Waals surface area (Å²) in [7, 11) is -3.85. The minimum atomic E-state index is -3.85. The Morgan fingerprint density at radius 3 is 2.57 bits per heavy atom. The molecule has 1 amide bonds. The number of nitrogens with two attached hydrogens (primary N) is 1. The minimum absolute atomic E-state index is 0.0194. The first-order valence-corrected chi connectivity index (χ1v) is 10.7. The number of anilines is 1. The summed E-state index contributed by atoms with van der Waals surface area (Å²) in [5.41, 5.74) is 3.06. The van der Waals surface area contributed by atoms with Crippen LogP contribution in [0.5, 0.6) is 5.75 Å². The second kappa shape index (κ2) is 7.90. The van der Waals surface area contributed by atoms with Gasteiger partial charge in [0.15, 0.2) is 0 Å². The lowest BCUT2D eigenvalue weighted by atomic mass is 10.0. The number of aromatic hydroxyl groups is 1. The summed E-state index contributed by atoms with van der Waals surface area (Å²) < 4.78 is 23.4. The van der Waals surface area contributed by atoms with Crippen LogP contribution in [0.4, 0.5) is 5.69 Å². The van der Waals surface area contributed by atoms with Crippen molar-refractivity contribution in [2.75, 3.05) is 18.4 Å². The molecule has 150 valence electrons. The van der Waals surface area contributed by atoms with Gasteiger partial charge in [-0.25, -0.2) is 13.6 Å². The second-order valence-corrected chi connectivity index (χ2v) is 8.79. The number of carbonyl (C=O) groups is 1. The molecule has 28 heavy (non-hydrogen) atoms. The Morgan fingerprint density at radius 1 is 1.25 bits per heavy atom. The average Bonchev–Trinajstić information content (AvgIpc) is 3.06. The molecule has 4 N–H and O–H groups in total. The van der Waals surface area contributed by atoms with Crippen molar-refractivity contribution in [2.24, 2.45) is 5.14 Å². The lowest BCUT2D eigenvalue weighted by Crippen LogP contribution is -2.33. The molecule has 3 rings (SSSR count). The van der Waals surface area contributed by atoms with Crippen molar-refractivity contribution in [1.29, 1.82) is 0 Å². The Labute approximate surface area is 165 Å². The van der Waals surface area contributed by atoms with Crippen LogP contribution >= 0.6 is 0 Å². The number of nitrogens with zero attached hydrogens (tertiary/aromatic N) is 1. The normalized spacial score (nSPS) is 17.6. The number of likely N-dealkylation sites (tertiary alicyclic amines) is 1. The van der Waals surface area contributed by atoms with Gasteiger partial charge >= 0.3 is 0 Å². The molecule has 0 saturated carbocycles. The molecule has 0 spiro atoms. The average molecular weight is 404 g/mol. The quantitative estimate of drug-likeness (QED) is 0.710. The van der Waals surface area contributed by atoms with Crippen LogP contribution in [0.2, 0.25) is 0 Å². The molecule has 0 radical (unpaired) electrons. The van der Waals surface area contributed by atoms with E-state index in [2.05, 4.69) is 10.2 Å². The molecule has 2 aromatic carbocycles. The minimum Gasteiger partial charge on any atom is -0.508 e. The summed E-state index contributed by atoms with van der Waals surface area (Å²) in [6.07, 6.45) is 1.93. The number of benzene rings is 2. The van der Waals surface area contributed by atoms with Crippen molar-refractivity contribution in [3.05, 3.63) is 53.1 Å². The number of sulfonamides is 1. The maximum absolute atomic E-state index is 12.7. The van der Waals surface area contributed by atoms with E-state index < -0.39 is 10.0 Å². The number of phenolic OH excluding ortho intramolecular Hbond substituents is 1. The Balaban J connectivity index is 1.75. The molecule has 8 heteroatoms. The van der Waals surface area contributed by atoms with Gasteiger partial charge in [0, 0.05) is 11.7 Å². The number of amides is 1. The molecule has 1 aliphatic heterocycles. The van der Waals surface area contributed by atoms with E-state index in [1.54, 1.807) is 19.1 Å². The van der Waals surface area contributed by atoms with Crippen molar-refractivity contribution in [1.82, 2.24) is 4.90 Å². The summed E-state index contributed by atoms with van der Waals surface area (Å²) in [5.74, 6) is 0.00590. The van der Waals surface area contributed by atoms with Gasteiger partial charge in [0.2, 0.25) is 15.9 Å². The van der Waals surface area contributed by atoms with Gasteiger partial charge in [0.25, 0.3) is 0 Å². The number of hydrogen-bond donors (Lipinski definition) is 3. The fourth-order valence-electron chi connectivity index (χ4n) is 3.58. The molecule has 1 saturated heterocycles. The number of rotatable bonds is 5. The van der Waals surface area contributed by atoms with Gasteiger partial charge in [-0.15, -0.1) is 0 Å². The Morgan fingerprint density at radius 2 is 1.93 bits per heavy atom. The zero-order chi connectivity index (χ0) is 20.5. The summed E-state index contributed by atoms with van der Waals surface area (Å²) in [4.78, 5) is 14.7. The van der Waals surface area contributed by atoms with Gasteiger partial charge in [-0.3, -0.25) is 9.69 Å². The Kier molecular flexibility index (Phi) is 5.74. The SMILES string of the molecule is Cc1cc(S(N)(=O)=O)cc(NC(=O)CN2CCCC2c2ccc(O)cc2)c1C. The van der Waals surface area contributed by atoms with Crippen LogP contribution in [0.25, 0.3) is 0 Å². The summed E-state index contributed by atoms with van der Waals surface area (Å²) in [6.45, 7) is 4.60. The van der Waals surface area contributed by atoms with Gasteiger partial charge in [-0.05, 0) is 74.2 Å². The van der Waals surface area contributed by atoms with Crippen LogP contribution < -0.4 is 10.5 Å². The van der Waals surface area contributed by atoms with Gasteiger partial charge in [0.05, 0.1) is 11.4 Å². The lowest BCUT2D eigenvalue weighted by Gasteiger charge is -2.24. The van der Waals surface area contributed by atoms with Crippen molar-refractivity contribution in [3.8, 4) is 5.75 Å². The summed E-state index contributed by atoms with van der Waals surface area (Å²) in [6, 6.07) is 10.1. The monoisotopic (exact) mass is 403 g/mol. The molecule has 0 aromatic heterocycles. The fourth-order valence-corrected chi connectivity index (χ4v) is 4.21. The molecule has 1 unspecified atom stereocenters. The van der Waals surface area contributed by atoms with Gasteiger partial charge in [-0.2, -0.15) is 0 Å². The van der Waals surface area contributed by atoms with Crippen molar-refractivity contribution in [3.63, 3.8) is 0 Å². The molecule has 1 aliphatic rings. The highest BCUT2D eigenvalue weighted by atomic mass is 32.2. The number of phenols is 1. The topological polar surface area (TPSA) is 113 Å². The smallest absolute Gasteiger partial charge is 0.238 e. The van der Waals surface area contributed by atoms with Gasteiger partial charge in [0.1, 0.15) is 5.75 Å². The first-order valence-electron chi connectivity index (χ1n) is 9.12. The van der Waals surface area contributed by atoms with Crippen LogP contribution in [-0.2, 0) is 14.8 Å². The highest BCUT2D eigenvalue weighted by Crippen LogP contribution is 2.32. The van der Waals surface area contributed by atoms with E-state index in [9.17, 15) is 18.3 Å². The molecule has 0 aliphatic carbocycles. The van der Waals surface area contributed by atoms with E-state index in [1.807, 2.05) is 19.1 Å². The molecule has 7 nitrogen and oxygen atoms in total. The largest absolute Gasteiger partial charge is 0.508 e. The number of aryl methyl sites for hydroxylation is 1. The third-order valence-electron chi connectivity index (χ3n) is 5.23. The number of hydrogen-bond acceptors (Lipinski definition) is 5. The van der Waals surface area contributed by atoms with Crippen LogP contribution in [0.3, 0.4) is 0 Å². The number of nitrogens with one attached hydrogen (secondary N) is 1. The maximum Gasteiger partial charge on any atom is 0.238 e. The van der Waals surface area contributed by atoms with Crippen LogP contribution in [0.1, 0.15) is 35.6 Å². The zero-order valence-electron chi connectivity index (χ0n) is 16.0. The molecule has 1 fully saturated rings. The Bertz CT molecular complexity index is 987. The van der Waals surface area contributed by atoms with E-state index >= 15 is 0 Å². The molecule has 2 aromatic rings. The molecule has 0 bridgehead atoms. The number of primary sulfonamides is 1. The second-order valence-electron chi connectivity index (χ2n) is 7.23. The fraction of sp³-hybridized carbons (Fsp3) is 0.350. The summed E-state index contributed by atoms with van der Waals surface area (Å²) >= 11 is 0. The maximum atomic E-state index is 12.7. The van der Waals surface area contributed by atoms with E-state index in [0.29, 0.717) is 5.69 Å². The van der Waals surface area contributed by atoms with Crippen LogP contribution in [-0.4, -0.2) is 37.4 Å². The van der Waals surface area contributed by atoms with Gasteiger partial charge in [-0.1, -0.05) is 12.1 Å². The first kappa shape index (κ1) is 20.3. The van der Waals surface area contributed by atoms with Crippen molar-refractivity contribution >= 4 is 21.6 Å². The summed E-state index contributed by atoms with van der Waals surface area (Å²) in [5, 5.41) is 17.5. The van der Waals surface area contributed by atoms with E-state index in [-0.39, 0.29) is 29.1 Å². The molecule has 1 atom stereocenters. The van der Waals surface area contributed by atoms with Crippen LogP contribution in [0.15, 0.2) is 41.3 Å². The lowest BCUT2D eigenvalue weighted by molar-refractivity contribution is -0.117. The highest BCUT2D eigenvalue weighted by molar-refractivity contribution is 7.89. The number of carbonyl (C=O) groups excluding carboxylic acids is 1. The van der Waals surface area contributed by atoms with E-state index in [0.717, 1.165) is 36.1 Å². The third-order valence-corrected chi connectivity index (χ3v) is 6.12. The predicted molar refractivity (Wildman–Crippen MR) is 108 cm³/mol. The third kappa shape index (κ3) is 4.52. The highest BCUT2D eigenvalue weighted by Gasteiger charge is 2.27. The zero-order valence-corrected chi connectivity index (χ0v) is 16.8. The first-order chi connectivity index (χ1) is 13.1. The molecular formula is C20H25N3O4S. The van der Waals surface area contributed by atoms with E-state index in [4.69, 9.17) is 5.14 Å². The van der Waals surface area contributed by atoms with Crippen molar-refractivity contribution < 1.29 is 18.3 Å². The molecular weight excluding hydrogens is 378 g/mol. The Hall–Kier alpha value is -2.42. The van der Waals surface area contributed by atoms with Crippen molar-refractivity contribution in [2.45, 2.75) is 37.6 Å². The molecule has 1 heterocycles. The van der Waals surface area contributed by atoms with Gasteiger partial charge < -0.3 is 10.4 Å². The van der Waals surface area contributed by atoms with Crippen LogP contribution in [0, 0.1) is 13.8 Å².